The summed E-state index contributed by atoms with van der Waals surface area (Å²) in [5.41, 5.74) is 4.98. The second-order valence-corrected chi connectivity index (χ2v) is 11.3. The van der Waals surface area contributed by atoms with Gasteiger partial charge in [0, 0.05) is 49.7 Å². The van der Waals surface area contributed by atoms with Crippen LogP contribution < -0.4 is 15.0 Å². The van der Waals surface area contributed by atoms with Crippen molar-refractivity contribution in [3.05, 3.63) is 53.6 Å². The summed E-state index contributed by atoms with van der Waals surface area (Å²) >= 11 is 0. The van der Waals surface area contributed by atoms with Gasteiger partial charge < -0.3 is 24.6 Å². The van der Waals surface area contributed by atoms with Crippen LogP contribution in [0.25, 0.3) is 0 Å². The molecular formula is C30H43N3O3. The molecule has 2 aromatic rings. The molecule has 1 saturated carbocycles. The molecule has 1 aliphatic heterocycles. The van der Waals surface area contributed by atoms with Crippen molar-refractivity contribution < 1.29 is 14.3 Å². The van der Waals surface area contributed by atoms with Gasteiger partial charge in [-0.15, -0.1) is 0 Å². The number of hydrogen-bond donors (Lipinski definition) is 1. The van der Waals surface area contributed by atoms with Gasteiger partial charge in [-0.1, -0.05) is 39.0 Å². The number of hydrogen-bond acceptors (Lipinski definition) is 5. The lowest BCUT2D eigenvalue weighted by molar-refractivity contribution is -0.139. The molecule has 1 amide bonds. The molecule has 4 rings (SSSR count). The molecule has 0 radical (unpaired) electrons. The standard InChI is InChI=1S/C30H43N3O3/c1-22-6-9-25(20-28(22)35-5)31-24-10-14-27(15-11-24)36-21-29(34)33-18-16-32(17-19-33)26-12-7-23(8-13-26)30(2,3)4/h6-9,12-13,20,24,27,31H,10-11,14-19,21H2,1-5H3. The summed E-state index contributed by atoms with van der Waals surface area (Å²) in [6.45, 7) is 12.2. The van der Waals surface area contributed by atoms with Gasteiger partial charge >= 0.3 is 0 Å². The van der Waals surface area contributed by atoms with Crippen molar-refractivity contribution >= 4 is 17.3 Å². The molecule has 0 aromatic heterocycles. The lowest BCUT2D eigenvalue weighted by atomic mass is 9.87. The third kappa shape index (κ3) is 6.73. The first kappa shape index (κ1) is 26.3. The smallest absolute Gasteiger partial charge is 0.248 e. The van der Waals surface area contributed by atoms with Gasteiger partial charge in [0.05, 0.1) is 13.2 Å². The molecule has 1 aliphatic carbocycles. The van der Waals surface area contributed by atoms with E-state index in [0.717, 1.165) is 68.9 Å². The van der Waals surface area contributed by atoms with Gasteiger partial charge in [0.1, 0.15) is 12.4 Å². The maximum atomic E-state index is 12.8. The Morgan fingerprint density at radius 3 is 2.25 bits per heavy atom. The van der Waals surface area contributed by atoms with Crippen LogP contribution >= 0.6 is 0 Å². The quantitative estimate of drug-likeness (QED) is 0.561. The number of benzene rings is 2. The van der Waals surface area contributed by atoms with E-state index in [1.54, 1.807) is 7.11 Å². The Hall–Kier alpha value is -2.73. The van der Waals surface area contributed by atoms with Gasteiger partial charge in [0.15, 0.2) is 0 Å². The second-order valence-electron chi connectivity index (χ2n) is 11.3. The van der Waals surface area contributed by atoms with Crippen LogP contribution in [0, 0.1) is 6.92 Å². The number of anilines is 2. The van der Waals surface area contributed by atoms with Gasteiger partial charge in [-0.25, -0.2) is 0 Å². The van der Waals surface area contributed by atoms with Crippen LogP contribution in [-0.4, -0.2) is 62.8 Å². The van der Waals surface area contributed by atoms with E-state index < -0.39 is 0 Å². The normalized spacial score (nSPS) is 20.8. The zero-order chi connectivity index (χ0) is 25.7. The lowest BCUT2D eigenvalue weighted by Gasteiger charge is -2.37. The fraction of sp³-hybridized carbons (Fsp3) is 0.567. The maximum Gasteiger partial charge on any atom is 0.248 e. The Kier molecular flexibility index (Phi) is 8.45. The van der Waals surface area contributed by atoms with Crippen LogP contribution in [0.1, 0.15) is 57.6 Å². The number of carbonyl (C=O) groups is 1. The number of rotatable bonds is 7. The van der Waals surface area contributed by atoms with Crippen LogP contribution in [0.2, 0.25) is 0 Å². The van der Waals surface area contributed by atoms with Crippen molar-refractivity contribution in [1.82, 2.24) is 4.90 Å². The first-order valence-electron chi connectivity index (χ1n) is 13.4. The lowest BCUT2D eigenvalue weighted by Crippen LogP contribution is -2.50. The van der Waals surface area contributed by atoms with Crippen LogP contribution in [0.5, 0.6) is 5.75 Å². The van der Waals surface area contributed by atoms with Crippen molar-refractivity contribution in [2.24, 2.45) is 0 Å². The molecule has 196 valence electrons. The fourth-order valence-corrected chi connectivity index (χ4v) is 5.19. The number of nitrogens with one attached hydrogen (secondary N) is 1. The first-order valence-corrected chi connectivity index (χ1v) is 13.4. The SMILES string of the molecule is COc1cc(NC2CCC(OCC(=O)N3CCN(c4ccc(C(C)(C)C)cc4)CC3)CC2)ccc1C. The first-order chi connectivity index (χ1) is 17.2. The molecule has 1 heterocycles. The van der Waals surface area contributed by atoms with E-state index in [2.05, 4.69) is 80.4 Å². The second kappa shape index (κ2) is 11.5. The zero-order valence-electron chi connectivity index (χ0n) is 22.7. The van der Waals surface area contributed by atoms with Gasteiger partial charge in [0.2, 0.25) is 5.91 Å². The number of piperazine rings is 1. The van der Waals surface area contributed by atoms with Gasteiger partial charge in [0.25, 0.3) is 0 Å². The topological polar surface area (TPSA) is 54.0 Å². The summed E-state index contributed by atoms with van der Waals surface area (Å²) in [5, 5.41) is 3.63. The van der Waals surface area contributed by atoms with E-state index in [-0.39, 0.29) is 24.0 Å². The summed E-state index contributed by atoms with van der Waals surface area (Å²) in [6.07, 6.45) is 4.21. The van der Waals surface area contributed by atoms with E-state index >= 15 is 0 Å². The van der Waals surface area contributed by atoms with E-state index in [9.17, 15) is 4.79 Å². The van der Waals surface area contributed by atoms with E-state index in [0.29, 0.717) is 6.04 Å². The highest BCUT2D eigenvalue weighted by atomic mass is 16.5. The van der Waals surface area contributed by atoms with Crippen molar-refractivity contribution in [2.75, 3.05) is 50.1 Å². The number of aryl methyl sites for hydroxylation is 1. The molecule has 36 heavy (non-hydrogen) atoms. The molecule has 0 atom stereocenters. The summed E-state index contributed by atoms with van der Waals surface area (Å²) < 4.78 is 11.5. The minimum absolute atomic E-state index is 0.115. The van der Waals surface area contributed by atoms with Crippen molar-refractivity contribution in [1.29, 1.82) is 0 Å². The van der Waals surface area contributed by atoms with Crippen LogP contribution in [0.3, 0.4) is 0 Å². The van der Waals surface area contributed by atoms with Crippen LogP contribution in [0.4, 0.5) is 11.4 Å². The fourth-order valence-electron chi connectivity index (χ4n) is 5.19. The molecule has 0 spiro atoms. The molecule has 2 aromatic carbocycles. The van der Waals surface area contributed by atoms with Crippen molar-refractivity contribution in [3.8, 4) is 5.75 Å². The highest BCUT2D eigenvalue weighted by Crippen LogP contribution is 2.28. The van der Waals surface area contributed by atoms with E-state index in [4.69, 9.17) is 9.47 Å². The summed E-state index contributed by atoms with van der Waals surface area (Å²) in [7, 11) is 1.71. The predicted molar refractivity (Wildman–Crippen MR) is 147 cm³/mol. The molecule has 6 heteroatoms. The Labute approximate surface area is 217 Å². The highest BCUT2D eigenvalue weighted by Gasteiger charge is 2.25. The van der Waals surface area contributed by atoms with Gasteiger partial charge in [-0.05, 0) is 67.3 Å². The Bertz CT molecular complexity index is 999. The molecule has 0 bridgehead atoms. The molecule has 2 fully saturated rings. The number of methoxy groups -OCH3 is 1. The summed E-state index contributed by atoms with van der Waals surface area (Å²) in [5.74, 6) is 1.03. The molecular weight excluding hydrogens is 450 g/mol. The van der Waals surface area contributed by atoms with Crippen LogP contribution in [0.15, 0.2) is 42.5 Å². The van der Waals surface area contributed by atoms with Gasteiger partial charge in [-0.3, -0.25) is 4.79 Å². The van der Waals surface area contributed by atoms with E-state index in [1.807, 2.05) is 4.90 Å². The highest BCUT2D eigenvalue weighted by molar-refractivity contribution is 5.77. The predicted octanol–water partition coefficient (Wildman–Crippen LogP) is 5.39. The summed E-state index contributed by atoms with van der Waals surface area (Å²) in [4.78, 5) is 17.1. The Morgan fingerprint density at radius 2 is 1.64 bits per heavy atom. The molecule has 2 aliphatic rings. The average molecular weight is 494 g/mol. The van der Waals surface area contributed by atoms with Gasteiger partial charge in [-0.2, -0.15) is 0 Å². The molecule has 1 N–H and O–H groups in total. The molecule has 0 unspecified atom stereocenters. The minimum atomic E-state index is 0.115. The number of amides is 1. The monoisotopic (exact) mass is 493 g/mol. The Morgan fingerprint density at radius 1 is 0.972 bits per heavy atom. The molecule has 1 saturated heterocycles. The minimum Gasteiger partial charge on any atom is -0.496 e. The van der Waals surface area contributed by atoms with Crippen LogP contribution in [-0.2, 0) is 14.9 Å². The Balaban J connectivity index is 1.16. The van der Waals surface area contributed by atoms with Crippen molar-refractivity contribution in [2.45, 2.75) is 70.9 Å². The zero-order valence-corrected chi connectivity index (χ0v) is 22.7. The third-order valence-corrected chi connectivity index (χ3v) is 7.63. The molecule has 6 nitrogen and oxygen atoms in total. The third-order valence-electron chi connectivity index (χ3n) is 7.63. The number of nitrogens with zero attached hydrogens (tertiary/aromatic N) is 2. The maximum absolute atomic E-state index is 12.8. The van der Waals surface area contributed by atoms with E-state index in [1.165, 1.54) is 11.3 Å². The number of ether oxygens (including phenoxy) is 2. The largest absolute Gasteiger partial charge is 0.496 e. The average Bonchev–Trinajstić information content (AvgIpc) is 2.89. The summed E-state index contributed by atoms with van der Waals surface area (Å²) in [6, 6.07) is 15.6. The van der Waals surface area contributed by atoms with Crippen molar-refractivity contribution in [3.63, 3.8) is 0 Å². The number of carbonyl (C=O) groups excluding carboxylic acids is 1.